The Kier molecular flexibility index (Phi) is 3.62. The summed E-state index contributed by atoms with van der Waals surface area (Å²) in [5, 5.41) is 0. The predicted octanol–water partition coefficient (Wildman–Crippen LogP) is 4.76. The first-order valence-electron chi connectivity index (χ1n) is 8.19. The van der Waals surface area contributed by atoms with E-state index in [0.717, 1.165) is 28.9 Å². The van der Waals surface area contributed by atoms with Crippen LogP contribution in [-0.4, -0.2) is 14.4 Å². The van der Waals surface area contributed by atoms with Gasteiger partial charge in [-0.15, -0.1) is 0 Å². The van der Waals surface area contributed by atoms with Gasteiger partial charge in [-0.05, 0) is 43.5 Å². The van der Waals surface area contributed by atoms with E-state index in [1.165, 1.54) is 16.8 Å². The fourth-order valence-electron chi connectivity index (χ4n) is 3.21. The lowest BCUT2D eigenvalue weighted by molar-refractivity contribution is 0.972. The lowest BCUT2D eigenvalue weighted by Gasteiger charge is -2.10. The van der Waals surface area contributed by atoms with Crippen LogP contribution >= 0.6 is 0 Å². The predicted molar refractivity (Wildman–Crippen MR) is 99.1 cm³/mol. The molecular formula is C21H19N3. The molecule has 0 aliphatic rings. The number of hydrogen-bond acceptors (Lipinski definition) is 2. The largest absolute Gasteiger partial charge is 0.281 e. The number of fused-ring (bicyclic) bond motifs is 3. The van der Waals surface area contributed by atoms with E-state index in [0.29, 0.717) is 0 Å². The zero-order valence-corrected chi connectivity index (χ0v) is 13.9. The van der Waals surface area contributed by atoms with Gasteiger partial charge < -0.3 is 0 Å². The highest BCUT2D eigenvalue weighted by atomic mass is 15.1. The van der Waals surface area contributed by atoms with Gasteiger partial charge in [0, 0.05) is 11.4 Å². The molecule has 0 spiro atoms. The topological polar surface area (TPSA) is 30.2 Å². The highest BCUT2D eigenvalue weighted by Gasteiger charge is 2.12. The summed E-state index contributed by atoms with van der Waals surface area (Å²) in [7, 11) is 0. The molecule has 2 aromatic heterocycles. The van der Waals surface area contributed by atoms with Gasteiger partial charge in [-0.1, -0.05) is 54.6 Å². The summed E-state index contributed by atoms with van der Waals surface area (Å²) in [5.74, 6) is 0.780. The summed E-state index contributed by atoms with van der Waals surface area (Å²) in [6.45, 7) is 4.22. The van der Waals surface area contributed by atoms with Gasteiger partial charge >= 0.3 is 0 Å². The van der Waals surface area contributed by atoms with Crippen LogP contribution in [0.15, 0.2) is 60.7 Å². The van der Waals surface area contributed by atoms with E-state index in [-0.39, 0.29) is 0 Å². The molecule has 3 nitrogen and oxygen atoms in total. The molecule has 0 saturated carbocycles. The second-order valence-electron chi connectivity index (χ2n) is 6.01. The number of rotatable bonds is 3. The van der Waals surface area contributed by atoms with Crippen LogP contribution in [0.25, 0.3) is 22.9 Å². The molecule has 0 atom stereocenters. The van der Waals surface area contributed by atoms with E-state index in [1.807, 2.05) is 24.3 Å². The van der Waals surface area contributed by atoms with E-state index in [4.69, 9.17) is 4.98 Å². The van der Waals surface area contributed by atoms with Gasteiger partial charge in [-0.2, -0.15) is 0 Å². The second kappa shape index (κ2) is 5.93. The maximum absolute atomic E-state index is 4.72. The maximum Gasteiger partial charge on any atom is 0.235 e. The van der Waals surface area contributed by atoms with Crippen molar-refractivity contribution < 1.29 is 0 Å². The van der Waals surface area contributed by atoms with Crippen molar-refractivity contribution >= 4 is 22.9 Å². The standard InChI is InChI=1S/C21H19N3/c1-15-18(12-8-11-17-9-4-3-5-10-17)16(2)24-20-14-7-6-13-19(20)23-21(24)22-15/h3-11,13-14H,12H2,1-2H3. The fourth-order valence-corrected chi connectivity index (χ4v) is 3.21. The molecule has 0 radical (unpaired) electrons. The number of imidazole rings is 1. The number of aryl methyl sites for hydroxylation is 2. The van der Waals surface area contributed by atoms with E-state index < -0.39 is 0 Å². The molecule has 3 heteroatoms. The van der Waals surface area contributed by atoms with Crippen LogP contribution in [0.4, 0.5) is 0 Å². The van der Waals surface area contributed by atoms with Gasteiger partial charge in [0.25, 0.3) is 0 Å². The van der Waals surface area contributed by atoms with Crippen molar-refractivity contribution in [3.05, 3.63) is 83.2 Å². The van der Waals surface area contributed by atoms with Gasteiger partial charge in [-0.3, -0.25) is 4.40 Å². The molecule has 0 unspecified atom stereocenters. The van der Waals surface area contributed by atoms with Crippen LogP contribution in [0.1, 0.15) is 22.5 Å². The van der Waals surface area contributed by atoms with Gasteiger partial charge in [0.2, 0.25) is 5.78 Å². The lowest BCUT2D eigenvalue weighted by atomic mass is 10.1. The third kappa shape index (κ3) is 2.48. The van der Waals surface area contributed by atoms with Crippen LogP contribution in [0, 0.1) is 13.8 Å². The molecule has 2 aromatic carbocycles. The summed E-state index contributed by atoms with van der Waals surface area (Å²) in [5.41, 5.74) is 6.85. The first kappa shape index (κ1) is 14.6. The fraction of sp³-hybridized carbons (Fsp3) is 0.143. The zero-order valence-electron chi connectivity index (χ0n) is 13.9. The van der Waals surface area contributed by atoms with E-state index >= 15 is 0 Å². The number of hydrogen-bond donors (Lipinski definition) is 0. The van der Waals surface area contributed by atoms with Gasteiger partial charge in [-0.25, -0.2) is 9.97 Å². The smallest absolute Gasteiger partial charge is 0.235 e. The summed E-state index contributed by atoms with van der Waals surface area (Å²) in [6.07, 6.45) is 5.23. The normalized spacial score (nSPS) is 11.8. The van der Waals surface area contributed by atoms with Crippen molar-refractivity contribution in [2.24, 2.45) is 0 Å². The minimum absolute atomic E-state index is 0.780. The first-order chi connectivity index (χ1) is 11.7. The molecule has 4 aromatic rings. The highest BCUT2D eigenvalue weighted by molar-refractivity contribution is 5.80. The third-order valence-corrected chi connectivity index (χ3v) is 4.45. The summed E-state index contributed by atoms with van der Waals surface area (Å²) in [6, 6.07) is 18.6. The molecular weight excluding hydrogens is 294 g/mol. The minimum Gasteiger partial charge on any atom is -0.281 e. The average molecular weight is 313 g/mol. The first-order valence-corrected chi connectivity index (χ1v) is 8.19. The van der Waals surface area contributed by atoms with E-state index in [1.54, 1.807) is 0 Å². The Labute approximate surface area is 141 Å². The molecule has 24 heavy (non-hydrogen) atoms. The molecule has 0 aliphatic heterocycles. The summed E-state index contributed by atoms with van der Waals surface area (Å²) < 4.78 is 2.16. The number of para-hydroxylation sites is 2. The second-order valence-corrected chi connectivity index (χ2v) is 6.01. The maximum atomic E-state index is 4.72. The number of aromatic nitrogens is 3. The molecule has 118 valence electrons. The lowest BCUT2D eigenvalue weighted by Crippen LogP contribution is -2.04. The van der Waals surface area contributed by atoms with E-state index in [2.05, 4.69) is 65.7 Å². The van der Waals surface area contributed by atoms with Crippen molar-refractivity contribution in [2.45, 2.75) is 20.3 Å². The molecule has 0 fully saturated rings. The molecule has 0 aliphatic carbocycles. The van der Waals surface area contributed by atoms with Crippen LogP contribution in [0.2, 0.25) is 0 Å². The van der Waals surface area contributed by atoms with Crippen LogP contribution in [0.3, 0.4) is 0 Å². The van der Waals surface area contributed by atoms with Crippen LogP contribution in [0.5, 0.6) is 0 Å². The molecule has 0 N–H and O–H groups in total. The average Bonchev–Trinajstić information content (AvgIpc) is 2.97. The molecule has 4 rings (SSSR count). The van der Waals surface area contributed by atoms with Crippen molar-refractivity contribution in [3.8, 4) is 0 Å². The number of nitrogens with zero attached hydrogens (tertiary/aromatic N) is 3. The van der Waals surface area contributed by atoms with Gasteiger partial charge in [0.05, 0.1) is 11.0 Å². The Balaban J connectivity index is 1.78. The Morgan fingerprint density at radius 2 is 1.67 bits per heavy atom. The third-order valence-electron chi connectivity index (χ3n) is 4.45. The quantitative estimate of drug-likeness (QED) is 0.546. The van der Waals surface area contributed by atoms with Crippen LogP contribution < -0.4 is 0 Å². The van der Waals surface area contributed by atoms with Gasteiger partial charge in [0.15, 0.2) is 0 Å². The Bertz CT molecular complexity index is 1040. The number of allylic oxidation sites excluding steroid dienone is 1. The van der Waals surface area contributed by atoms with Crippen LogP contribution in [-0.2, 0) is 6.42 Å². The SMILES string of the molecule is Cc1nc2nc3ccccc3n2c(C)c1CC=Cc1ccccc1. The van der Waals surface area contributed by atoms with Crippen molar-refractivity contribution in [3.63, 3.8) is 0 Å². The molecule has 0 amide bonds. The molecule has 0 bridgehead atoms. The summed E-state index contributed by atoms with van der Waals surface area (Å²) in [4.78, 5) is 9.36. The highest BCUT2D eigenvalue weighted by Crippen LogP contribution is 2.21. The van der Waals surface area contributed by atoms with E-state index in [9.17, 15) is 0 Å². The molecule has 2 heterocycles. The van der Waals surface area contributed by atoms with Crippen molar-refractivity contribution in [1.82, 2.24) is 14.4 Å². The zero-order chi connectivity index (χ0) is 16.5. The monoisotopic (exact) mass is 313 g/mol. The Hall–Kier alpha value is -2.94. The summed E-state index contributed by atoms with van der Waals surface area (Å²) >= 11 is 0. The number of benzene rings is 2. The van der Waals surface area contributed by atoms with Crippen molar-refractivity contribution in [1.29, 1.82) is 0 Å². The van der Waals surface area contributed by atoms with Crippen molar-refractivity contribution in [2.75, 3.05) is 0 Å². The Morgan fingerprint density at radius 1 is 0.917 bits per heavy atom. The minimum atomic E-state index is 0.780. The molecule has 0 saturated heterocycles. The Morgan fingerprint density at radius 3 is 2.50 bits per heavy atom. The van der Waals surface area contributed by atoms with Gasteiger partial charge in [0.1, 0.15) is 0 Å².